The highest BCUT2D eigenvalue weighted by Crippen LogP contribution is 2.16. The van der Waals surface area contributed by atoms with Crippen LogP contribution in [0.5, 0.6) is 0 Å². The first-order valence-corrected chi connectivity index (χ1v) is 7.40. The second-order valence-electron chi connectivity index (χ2n) is 6.33. The summed E-state index contributed by atoms with van der Waals surface area (Å²) in [6, 6.07) is 7.05. The zero-order valence-electron chi connectivity index (χ0n) is 14.1. The molecule has 1 amide bonds. The smallest absolute Gasteiger partial charge is 0.365 e. The van der Waals surface area contributed by atoms with Gasteiger partial charge in [0, 0.05) is 11.6 Å². The second kappa shape index (κ2) is 6.66. The molecule has 2 aromatic rings. The summed E-state index contributed by atoms with van der Waals surface area (Å²) in [7, 11) is 0. The van der Waals surface area contributed by atoms with E-state index in [1.54, 1.807) is 24.3 Å². The Hall–Kier alpha value is -2.96. The number of aromatic nitrogens is 2. The van der Waals surface area contributed by atoms with Crippen molar-refractivity contribution < 1.29 is 14.3 Å². The number of nitrogens with one attached hydrogen (secondary N) is 1. The lowest BCUT2D eigenvalue weighted by molar-refractivity contribution is -0.117. The fourth-order valence-corrected chi connectivity index (χ4v) is 1.98. The molecule has 0 spiro atoms. The lowest BCUT2D eigenvalue weighted by Crippen LogP contribution is -2.39. The number of rotatable bonds is 3. The maximum absolute atomic E-state index is 12.2. The van der Waals surface area contributed by atoms with Crippen molar-refractivity contribution in [1.82, 2.24) is 15.3 Å². The topological polar surface area (TPSA) is 107 Å². The number of hydrogen-bond acceptors (Lipinski definition) is 6. The van der Waals surface area contributed by atoms with Gasteiger partial charge in [-0.1, -0.05) is 12.1 Å². The minimum Gasteiger partial charge on any atom is -0.426 e. The number of anilines is 1. The minimum absolute atomic E-state index is 0.0226. The molecule has 1 aromatic carbocycles. The fraction of sp³-hybridized carbons (Fsp3) is 0.294. The predicted octanol–water partition coefficient (Wildman–Crippen LogP) is 2.19. The highest BCUT2D eigenvalue weighted by atomic mass is 16.5. The Morgan fingerprint density at radius 1 is 1.17 bits per heavy atom. The van der Waals surface area contributed by atoms with Gasteiger partial charge in [0.05, 0.1) is 11.0 Å². The number of ether oxygens (including phenoxy) is 1. The zero-order valence-corrected chi connectivity index (χ0v) is 14.1. The maximum atomic E-state index is 12.2. The summed E-state index contributed by atoms with van der Waals surface area (Å²) >= 11 is 0. The average Bonchev–Trinajstić information content (AvgIpc) is 2.43. The van der Waals surface area contributed by atoms with E-state index in [-0.39, 0.29) is 28.7 Å². The van der Waals surface area contributed by atoms with Crippen molar-refractivity contribution in [1.29, 1.82) is 0 Å². The number of nitrogen functional groups attached to an aromatic ring is 1. The monoisotopic (exact) mass is 328 g/mol. The molecule has 0 saturated carbocycles. The molecule has 0 saturated heterocycles. The lowest BCUT2D eigenvalue weighted by Gasteiger charge is -2.19. The van der Waals surface area contributed by atoms with Crippen LogP contribution in [0, 0.1) is 0 Å². The maximum Gasteiger partial charge on any atom is 0.365 e. The van der Waals surface area contributed by atoms with E-state index in [1.807, 2.05) is 20.8 Å². The molecule has 0 aliphatic rings. The Labute approximate surface area is 139 Å². The zero-order chi connectivity index (χ0) is 17.9. The van der Waals surface area contributed by atoms with Crippen LogP contribution in [0.3, 0.4) is 0 Å². The quantitative estimate of drug-likeness (QED) is 0.508. The molecular formula is C17H20N4O3. The van der Waals surface area contributed by atoms with Crippen molar-refractivity contribution in [2.75, 3.05) is 5.73 Å². The van der Waals surface area contributed by atoms with Crippen molar-refractivity contribution >= 4 is 28.7 Å². The third-order valence-corrected chi connectivity index (χ3v) is 2.88. The summed E-state index contributed by atoms with van der Waals surface area (Å²) in [6.07, 6.45) is 1.20. The van der Waals surface area contributed by atoms with Crippen molar-refractivity contribution in [2.24, 2.45) is 0 Å². The lowest BCUT2D eigenvalue weighted by atomic mass is 10.1. The molecule has 1 aromatic heterocycles. The fourth-order valence-electron chi connectivity index (χ4n) is 1.98. The molecule has 3 N–H and O–H groups in total. The number of hydrogen-bond donors (Lipinski definition) is 2. The van der Waals surface area contributed by atoms with Crippen molar-refractivity contribution in [3.05, 3.63) is 41.8 Å². The molecule has 2 rings (SSSR count). The van der Waals surface area contributed by atoms with Crippen LogP contribution in [0.25, 0.3) is 11.0 Å². The first-order chi connectivity index (χ1) is 11.2. The molecule has 0 aliphatic carbocycles. The standard InChI is InChI=1S/C17H20N4O3/c1-10(9-13(22)21-17(2,3)4)24-16(23)14-15(18)20-12-8-6-5-7-11(12)19-14/h5-9H,1-4H3,(H2,18,20)(H,21,22)/b10-9+. The van der Waals surface area contributed by atoms with Gasteiger partial charge in [0.1, 0.15) is 5.76 Å². The van der Waals surface area contributed by atoms with E-state index in [1.165, 1.54) is 13.0 Å². The van der Waals surface area contributed by atoms with E-state index in [2.05, 4.69) is 15.3 Å². The number of esters is 1. The average molecular weight is 328 g/mol. The van der Waals surface area contributed by atoms with Gasteiger partial charge < -0.3 is 15.8 Å². The highest BCUT2D eigenvalue weighted by molar-refractivity contribution is 5.95. The summed E-state index contributed by atoms with van der Waals surface area (Å²) in [5, 5.41) is 2.74. The number of carbonyl (C=O) groups excluding carboxylic acids is 2. The number of benzene rings is 1. The molecule has 0 fully saturated rings. The molecule has 24 heavy (non-hydrogen) atoms. The van der Waals surface area contributed by atoms with Crippen LogP contribution in [0.4, 0.5) is 5.82 Å². The Morgan fingerprint density at radius 3 is 2.33 bits per heavy atom. The van der Waals surface area contributed by atoms with Crippen LogP contribution in [-0.2, 0) is 9.53 Å². The van der Waals surface area contributed by atoms with E-state index < -0.39 is 5.97 Å². The van der Waals surface area contributed by atoms with Gasteiger partial charge in [-0.3, -0.25) is 4.79 Å². The van der Waals surface area contributed by atoms with Crippen LogP contribution >= 0.6 is 0 Å². The van der Waals surface area contributed by atoms with E-state index in [4.69, 9.17) is 10.5 Å². The van der Waals surface area contributed by atoms with Gasteiger partial charge in [0.25, 0.3) is 0 Å². The van der Waals surface area contributed by atoms with Gasteiger partial charge >= 0.3 is 5.97 Å². The number of amides is 1. The number of nitrogens with two attached hydrogens (primary N) is 1. The molecule has 7 heteroatoms. The van der Waals surface area contributed by atoms with Gasteiger partial charge in [-0.2, -0.15) is 0 Å². The van der Waals surface area contributed by atoms with Gasteiger partial charge in [-0.05, 0) is 39.8 Å². The van der Waals surface area contributed by atoms with E-state index in [0.29, 0.717) is 11.0 Å². The van der Waals surface area contributed by atoms with Gasteiger partial charge in [-0.25, -0.2) is 14.8 Å². The summed E-state index contributed by atoms with van der Waals surface area (Å²) in [6.45, 7) is 7.06. The number of allylic oxidation sites excluding steroid dienone is 1. The summed E-state index contributed by atoms with van der Waals surface area (Å²) in [5.41, 5.74) is 6.43. The normalized spacial score (nSPS) is 12.1. The predicted molar refractivity (Wildman–Crippen MR) is 91.0 cm³/mol. The molecule has 1 heterocycles. The molecule has 0 atom stereocenters. The summed E-state index contributed by atoms with van der Waals surface area (Å²) in [4.78, 5) is 32.3. The third-order valence-electron chi connectivity index (χ3n) is 2.88. The Bertz CT molecular complexity index is 822. The van der Waals surface area contributed by atoms with Crippen LogP contribution in [0.15, 0.2) is 36.1 Å². The number of fused-ring (bicyclic) bond motifs is 1. The van der Waals surface area contributed by atoms with Crippen LogP contribution in [0.1, 0.15) is 38.2 Å². The molecule has 7 nitrogen and oxygen atoms in total. The third kappa shape index (κ3) is 4.52. The first-order valence-electron chi connectivity index (χ1n) is 7.40. The Balaban J connectivity index is 2.17. The number of carbonyl (C=O) groups is 2. The summed E-state index contributed by atoms with van der Waals surface area (Å²) < 4.78 is 5.13. The van der Waals surface area contributed by atoms with Crippen molar-refractivity contribution in [2.45, 2.75) is 33.2 Å². The van der Waals surface area contributed by atoms with Crippen LogP contribution in [0.2, 0.25) is 0 Å². The van der Waals surface area contributed by atoms with E-state index in [0.717, 1.165) is 0 Å². The summed E-state index contributed by atoms with van der Waals surface area (Å²) in [5.74, 6) is -1.00. The van der Waals surface area contributed by atoms with Gasteiger partial charge in [0.2, 0.25) is 5.91 Å². The molecule has 0 radical (unpaired) electrons. The second-order valence-corrected chi connectivity index (χ2v) is 6.33. The van der Waals surface area contributed by atoms with Gasteiger partial charge in [-0.15, -0.1) is 0 Å². The molecular weight excluding hydrogens is 308 g/mol. The SMILES string of the molecule is C/C(=C\C(=O)NC(C)(C)C)OC(=O)c1nc2ccccc2nc1N. The number of para-hydroxylation sites is 2. The van der Waals surface area contributed by atoms with E-state index >= 15 is 0 Å². The van der Waals surface area contributed by atoms with Gasteiger partial charge in [0.15, 0.2) is 11.5 Å². The first kappa shape index (κ1) is 17.4. The molecule has 126 valence electrons. The highest BCUT2D eigenvalue weighted by Gasteiger charge is 2.18. The Kier molecular flexibility index (Phi) is 4.82. The van der Waals surface area contributed by atoms with Crippen LogP contribution in [-0.4, -0.2) is 27.4 Å². The molecule has 0 unspecified atom stereocenters. The Morgan fingerprint density at radius 2 is 1.75 bits per heavy atom. The molecule has 0 bridgehead atoms. The van der Waals surface area contributed by atoms with Crippen LogP contribution < -0.4 is 11.1 Å². The number of nitrogens with zero attached hydrogens (tertiary/aromatic N) is 2. The minimum atomic E-state index is -0.761. The van der Waals surface area contributed by atoms with E-state index in [9.17, 15) is 9.59 Å². The largest absolute Gasteiger partial charge is 0.426 e. The van der Waals surface area contributed by atoms with Crippen molar-refractivity contribution in [3.63, 3.8) is 0 Å². The van der Waals surface area contributed by atoms with Crippen molar-refractivity contribution in [3.8, 4) is 0 Å². The molecule has 0 aliphatic heterocycles.